The Hall–Kier alpha value is -1.63. The van der Waals surface area contributed by atoms with Gasteiger partial charge in [0.2, 0.25) is 0 Å². The summed E-state index contributed by atoms with van der Waals surface area (Å²) in [5.74, 6) is -0.204. The third kappa shape index (κ3) is 3.97. The predicted octanol–water partition coefficient (Wildman–Crippen LogP) is 5.45. The van der Waals surface area contributed by atoms with Crippen molar-refractivity contribution in [3.63, 3.8) is 0 Å². The number of fused-ring (bicyclic) bond motifs is 1. The Morgan fingerprint density at radius 2 is 2.04 bits per heavy atom. The van der Waals surface area contributed by atoms with Gasteiger partial charge in [0.1, 0.15) is 21.4 Å². The summed E-state index contributed by atoms with van der Waals surface area (Å²) in [5.41, 5.74) is 2.11. The summed E-state index contributed by atoms with van der Waals surface area (Å²) in [4.78, 5) is 21.9. The Kier molecular flexibility index (Phi) is 5.93. The Balaban J connectivity index is 2.02. The summed E-state index contributed by atoms with van der Waals surface area (Å²) in [5, 5.41) is 4.26. The van der Waals surface area contributed by atoms with E-state index in [1.54, 1.807) is 17.7 Å². The molecule has 0 bridgehead atoms. The highest BCUT2D eigenvalue weighted by Gasteiger charge is 2.22. The van der Waals surface area contributed by atoms with Crippen LogP contribution in [0.5, 0.6) is 0 Å². The number of benzene rings is 1. The van der Waals surface area contributed by atoms with Crippen LogP contribution in [0.1, 0.15) is 20.3 Å². The van der Waals surface area contributed by atoms with Gasteiger partial charge in [-0.15, -0.1) is 11.3 Å². The molecule has 0 aliphatic rings. The number of nitrogens with zero attached hydrogens (tertiary/aromatic N) is 2. The van der Waals surface area contributed by atoms with Gasteiger partial charge in [0, 0.05) is 16.0 Å². The van der Waals surface area contributed by atoms with E-state index in [2.05, 4.69) is 15.3 Å². The molecular formula is C18H17ClN2O2S2. The number of carbonyl (C=O) groups excluding carboxylic acids is 1. The zero-order chi connectivity index (χ0) is 17.8. The van der Waals surface area contributed by atoms with Crippen LogP contribution in [0.3, 0.4) is 0 Å². The van der Waals surface area contributed by atoms with Crippen molar-refractivity contribution < 1.29 is 9.53 Å². The van der Waals surface area contributed by atoms with Crippen LogP contribution < -0.4 is 0 Å². The lowest BCUT2D eigenvalue weighted by Crippen LogP contribution is -2.19. The first-order valence-corrected chi connectivity index (χ1v) is 10.1. The number of thiophene rings is 1. The van der Waals surface area contributed by atoms with Gasteiger partial charge in [-0.2, -0.15) is 0 Å². The summed E-state index contributed by atoms with van der Waals surface area (Å²) in [6, 6.07) is 7.69. The van der Waals surface area contributed by atoms with Gasteiger partial charge in [0.05, 0.1) is 12.0 Å². The van der Waals surface area contributed by atoms with Crippen molar-refractivity contribution in [3.8, 4) is 11.1 Å². The summed E-state index contributed by atoms with van der Waals surface area (Å²) < 4.78 is 5.17. The first-order valence-electron chi connectivity index (χ1n) is 7.95. The van der Waals surface area contributed by atoms with Gasteiger partial charge in [0.25, 0.3) is 0 Å². The van der Waals surface area contributed by atoms with E-state index in [0.717, 1.165) is 26.4 Å². The second kappa shape index (κ2) is 8.17. The van der Waals surface area contributed by atoms with Crippen LogP contribution in [0, 0.1) is 0 Å². The normalized spacial score (nSPS) is 12.3. The topological polar surface area (TPSA) is 52.1 Å². The van der Waals surface area contributed by atoms with Crippen LogP contribution in [0.15, 0.2) is 41.0 Å². The molecule has 0 saturated heterocycles. The average Bonchev–Trinajstić information content (AvgIpc) is 3.05. The standard InChI is InChI=1S/C18H17ClN2O2S2/c1-3-14(18(22)23-4-2)25-17-15-13(9-24-16(15)20-10-21-17)11-5-7-12(19)8-6-11/h5-10,14H,3-4H2,1-2H3/t14-/m0/s1. The van der Waals surface area contributed by atoms with E-state index in [1.807, 2.05) is 38.1 Å². The van der Waals surface area contributed by atoms with Crippen LogP contribution in [0.4, 0.5) is 0 Å². The highest BCUT2D eigenvalue weighted by atomic mass is 35.5. The molecular weight excluding hydrogens is 376 g/mol. The van der Waals surface area contributed by atoms with Gasteiger partial charge in [-0.05, 0) is 31.0 Å². The molecule has 1 atom stereocenters. The third-order valence-corrected chi connectivity index (χ3v) is 6.15. The van der Waals surface area contributed by atoms with Crippen molar-refractivity contribution in [2.75, 3.05) is 6.61 Å². The minimum Gasteiger partial charge on any atom is -0.465 e. The van der Waals surface area contributed by atoms with E-state index < -0.39 is 0 Å². The van der Waals surface area contributed by atoms with E-state index in [4.69, 9.17) is 16.3 Å². The molecule has 3 rings (SSSR count). The first kappa shape index (κ1) is 18.2. The summed E-state index contributed by atoms with van der Waals surface area (Å²) in [6.07, 6.45) is 2.22. The highest BCUT2D eigenvalue weighted by molar-refractivity contribution is 8.00. The van der Waals surface area contributed by atoms with Crippen molar-refractivity contribution in [1.82, 2.24) is 9.97 Å². The van der Waals surface area contributed by atoms with Crippen molar-refractivity contribution in [1.29, 1.82) is 0 Å². The average molecular weight is 393 g/mol. The molecule has 130 valence electrons. The molecule has 0 aliphatic carbocycles. The minimum atomic E-state index is -0.281. The maximum absolute atomic E-state index is 12.1. The van der Waals surface area contributed by atoms with Crippen molar-refractivity contribution >= 4 is 50.9 Å². The molecule has 7 heteroatoms. The number of ether oxygens (including phenoxy) is 1. The molecule has 0 radical (unpaired) electrons. The number of thioether (sulfide) groups is 1. The molecule has 3 aromatic rings. The number of hydrogen-bond acceptors (Lipinski definition) is 6. The molecule has 2 aromatic heterocycles. The van der Waals surface area contributed by atoms with Gasteiger partial charge >= 0.3 is 5.97 Å². The van der Waals surface area contributed by atoms with E-state index in [-0.39, 0.29) is 11.2 Å². The van der Waals surface area contributed by atoms with Crippen molar-refractivity contribution in [3.05, 3.63) is 41.0 Å². The molecule has 2 heterocycles. The zero-order valence-corrected chi connectivity index (χ0v) is 16.2. The zero-order valence-electron chi connectivity index (χ0n) is 13.9. The van der Waals surface area contributed by atoms with E-state index in [9.17, 15) is 4.79 Å². The smallest absolute Gasteiger partial charge is 0.319 e. The molecule has 4 nitrogen and oxygen atoms in total. The van der Waals surface area contributed by atoms with Gasteiger partial charge in [0.15, 0.2) is 0 Å². The molecule has 25 heavy (non-hydrogen) atoms. The molecule has 1 aromatic carbocycles. The maximum atomic E-state index is 12.1. The monoisotopic (exact) mass is 392 g/mol. The summed E-state index contributed by atoms with van der Waals surface area (Å²) in [7, 11) is 0. The second-order valence-corrected chi connectivity index (χ2v) is 7.77. The first-order chi connectivity index (χ1) is 12.1. The summed E-state index contributed by atoms with van der Waals surface area (Å²) >= 11 is 9.00. The van der Waals surface area contributed by atoms with Crippen LogP contribution in [-0.2, 0) is 9.53 Å². The number of aromatic nitrogens is 2. The van der Waals surface area contributed by atoms with E-state index in [1.165, 1.54) is 11.8 Å². The Morgan fingerprint density at radius 3 is 2.72 bits per heavy atom. The van der Waals surface area contributed by atoms with Gasteiger partial charge in [-0.25, -0.2) is 9.97 Å². The number of esters is 1. The lowest BCUT2D eigenvalue weighted by atomic mass is 10.1. The van der Waals surface area contributed by atoms with Gasteiger partial charge in [-0.1, -0.05) is 42.4 Å². The quantitative estimate of drug-likeness (QED) is 0.317. The molecule has 0 saturated carbocycles. The second-order valence-electron chi connectivity index (χ2n) is 5.28. The minimum absolute atomic E-state index is 0.204. The number of hydrogen-bond donors (Lipinski definition) is 0. The van der Waals surface area contributed by atoms with Crippen LogP contribution in [0.25, 0.3) is 21.3 Å². The fraction of sp³-hybridized carbons (Fsp3) is 0.278. The molecule has 0 N–H and O–H groups in total. The molecule has 0 amide bonds. The maximum Gasteiger partial charge on any atom is 0.319 e. The van der Waals surface area contributed by atoms with Gasteiger partial charge in [-0.3, -0.25) is 4.79 Å². The fourth-order valence-corrected chi connectivity index (χ4v) is 4.59. The SMILES string of the molecule is CCOC(=O)[C@H](CC)Sc1ncnc2scc(-c3ccc(Cl)cc3)c12. The molecule has 0 aliphatic heterocycles. The van der Waals surface area contributed by atoms with Crippen LogP contribution >= 0.6 is 34.7 Å². The lowest BCUT2D eigenvalue weighted by molar-refractivity contribution is -0.142. The lowest BCUT2D eigenvalue weighted by Gasteiger charge is -2.13. The van der Waals surface area contributed by atoms with Crippen LogP contribution in [-0.4, -0.2) is 27.8 Å². The molecule has 0 spiro atoms. The number of halogens is 1. The van der Waals surface area contributed by atoms with Crippen molar-refractivity contribution in [2.45, 2.75) is 30.5 Å². The van der Waals surface area contributed by atoms with Gasteiger partial charge < -0.3 is 4.74 Å². The molecule has 0 fully saturated rings. The fourth-order valence-electron chi connectivity index (χ4n) is 2.45. The number of rotatable bonds is 6. The Morgan fingerprint density at radius 1 is 1.28 bits per heavy atom. The van der Waals surface area contributed by atoms with Crippen LogP contribution in [0.2, 0.25) is 5.02 Å². The Labute approximate surface area is 159 Å². The van der Waals surface area contributed by atoms with Crippen molar-refractivity contribution in [2.24, 2.45) is 0 Å². The predicted molar refractivity (Wildman–Crippen MR) is 104 cm³/mol. The molecule has 0 unspecified atom stereocenters. The van der Waals surface area contributed by atoms with E-state index in [0.29, 0.717) is 18.1 Å². The largest absolute Gasteiger partial charge is 0.465 e. The summed E-state index contributed by atoms with van der Waals surface area (Å²) in [6.45, 7) is 4.17. The number of carbonyl (C=O) groups is 1. The van der Waals surface area contributed by atoms with E-state index >= 15 is 0 Å². The third-order valence-electron chi connectivity index (χ3n) is 3.66. The highest BCUT2D eigenvalue weighted by Crippen LogP contribution is 2.39. The Bertz CT molecular complexity index is 880.